The Morgan fingerprint density at radius 3 is 2.50 bits per heavy atom. The number of rotatable bonds is 2. The molecule has 0 aliphatic carbocycles. The molecule has 0 saturated carbocycles. The summed E-state index contributed by atoms with van der Waals surface area (Å²) in [4.78, 5) is 0.739. The van der Waals surface area contributed by atoms with Crippen LogP contribution in [0.25, 0.3) is 0 Å². The molecule has 0 spiro atoms. The maximum atomic E-state index is 8.76. The molecule has 2 rings (SSSR count). The molecule has 1 atom stereocenters. The molecule has 0 N–H and O–H groups in total. The van der Waals surface area contributed by atoms with Gasteiger partial charge in [0.2, 0.25) is 0 Å². The molecule has 0 bridgehead atoms. The van der Waals surface area contributed by atoms with Gasteiger partial charge in [-0.3, -0.25) is 4.90 Å². The van der Waals surface area contributed by atoms with E-state index in [1.807, 2.05) is 20.8 Å². The third kappa shape index (κ3) is 4.33. The van der Waals surface area contributed by atoms with Gasteiger partial charge in [0.05, 0.1) is 15.3 Å². The normalized spacial score (nSPS) is 38.0. The highest BCUT2D eigenvalue weighted by Crippen LogP contribution is 2.30. The summed E-state index contributed by atoms with van der Waals surface area (Å²) >= 11 is 0. The van der Waals surface area contributed by atoms with Crippen molar-refractivity contribution >= 4 is 0 Å². The zero-order chi connectivity index (χ0) is 25.5. The molecule has 1 aliphatic heterocycles. The monoisotopic (exact) mass is 313 g/mol. The summed E-state index contributed by atoms with van der Waals surface area (Å²) in [6, 6.07) is -0.484. The smallest absolute Gasteiger partial charge is 0.0760 e. The van der Waals surface area contributed by atoms with Crippen LogP contribution in [0.2, 0.25) is 0 Å². The number of hydrogen-bond acceptors (Lipinski definition) is 2. The number of ether oxygens (including phenoxy) is 1. The quantitative estimate of drug-likeness (QED) is 0.786. The molecule has 124 valence electrons. The molecule has 1 aromatic carbocycles. The lowest BCUT2D eigenvalue weighted by Crippen LogP contribution is -2.56. The van der Waals surface area contributed by atoms with Gasteiger partial charge in [-0.15, -0.1) is 0 Å². The Bertz CT molecular complexity index is 917. The lowest BCUT2D eigenvalue weighted by molar-refractivity contribution is -0.182. The van der Waals surface area contributed by atoms with Crippen LogP contribution in [0.1, 0.15) is 78.8 Å². The molecule has 22 heavy (non-hydrogen) atoms. The molecule has 2 heteroatoms. The second kappa shape index (κ2) is 5.65. The van der Waals surface area contributed by atoms with Crippen LogP contribution in [0.4, 0.5) is 0 Å². The van der Waals surface area contributed by atoms with E-state index in [1.54, 1.807) is 6.92 Å². The van der Waals surface area contributed by atoms with Crippen LogP contribution in [0, 0.1) is 6.92 Å². The number of hydrogen-bond donors (Lipinski definition) is 0. The first-order valence-corrected chi connectivity index (χ1v) is 7.53. The van der Waals surface area contributed by atoms with Crippen molar-refractivity contribution in [1.82, 2.24) is 4.90 Å². The first kappa shape index (κ1) is 8.30. The van der Waals surface area contributed by atoms with Gasteiger partial charge in [-0.1, -0.05) is 38.9 Å². The highest BCUT2D eigenvalue weighted by molar-refractivity contribution is 5.35. The second-order valence-electron chi connectivity index (χ2n) is 7.56. The maximum absolute atomic E-state index is 8.76. The molecule has 1 aromatic rings. The molecule has 1 fully saturated rings. The lowest BCUT2D eigenvalue weighted by atomic mass is 9.83. The summed E-state index contributed by atoms with van der Waals surface area (Å²) in [6.45, 7) is 2.24. The van der Waals surface area contributed by atoms with Crippen molar-refractivity contribution in [1.29, 1.82) is 0 Å². The Balaban J connectivity index is 2.83. The summed E-state index contributed by atoms with van der Waals surface area (Å²) in [5, 5.41) is 0. The highest BCUT2D eigenvalue weighted by Gasteiger charge is 2.37. The minimum absolute atomic E-state index is 0.0242. The Hall–Kier alpha value is -0.860. The summed E-state index contributed by atoms with van der Waals surface area (Å²) in [6.07, 6.45) is 0. The van der Waals surface area contributed by atoms with Crippen molar-refractivity contribution in [3.05, 3.63) is 34.8 Å². The van der Waals surface area contributed by atoms with Gasteiger partial charge >= 0.3 is 0 Å². The molecule has 2 nitrogen and oxygen atoms in total. The molecule has 1 heterocycles. The summed E-state index contributed by atoms with van der Waals surface area (Å²) in [5.41, 5.74) is -3.70. The first-order valence-electron chi connectivity index (χ1n) is 12.5. The van der Waals surface area contributed by atoms with Crippen LogP contribution in [0.5, 0.6) is 0 Å². The van der Waals surface area contributed by atoms with Crippen LogP contribution in [0.3, 0.4) is 0 Å². The van der Waals surface area contributed by atoms with Crippen LogP contribution >= 0.6 is 0 Å². The molecule has 1 saturated heterocycles. The van der Waals surface area contributed by atoms with Crippen molar-refractivity contribution in [3.63, 3.8) is 0 Å². The predicted octanol–water partition coefficient (Wildman–Crippen LogP) is 4.68. The third-order valence-electron chi connectivity index (χ3n) is 3.33. The molecular weight excluding hydrogens is 270 g/mol. The second-order valence-corrected chi connectivity index (χ2v) is 7.56. The van der Waals surface area contributed by atoms with Crippen molar-refractivity contribution in [2.45, 2.75) is 78.5 Å². The van der Waals surface area contributed by atoms with Gasteiger partial charge in [0.15, 0.2) is 0 Å². The fraction of sp³-hybridized carbons (Fsp3) is 0.700. The third-order valence-corrected chi connectivity index (χ3v) is 3.33. The van der Waals surface area contributed by atoms with E-state index in [-0.39, 0.29) is 23.7 Å². The fourth-order valence-corrected chi connectivity index (χ4v) is 2.74. The molecule has 0 radical (unpaired) electrons. The minimum Gasteiger partial charge on any atom is -0.367 e. The molecule has 0 amide bonds. The van der Waals surface area contributed by atoms with E-state index in [0.717, 1.165) is 11.8 Å². The average Bonchev–Trinajstić information content (AvgIpc) is 2.55. The standard InChI is InChI=1S/C20H33NO/c1-15-9-10-16(11-17(15)18(2,3)4)12-21-13-19(5,6)22-20(7,8)14-21/h9-11H,12-14H2,1-8H3/i5D3,9D,10D,11D,13D2,14D2. The van der Waals surface area contributed by atoms with E-state index in [2.05, 4.69) is 0 Å². The first-order chi connectivity index (χ1) is 13.9. The van der Waals surface area contributed by atoms with Crippen molar-refractivity contribution in [2.75, 3.05) is 13.0 Å². The van der Waals surface area contributed by atoms with E-state index in [9.17, 15) is 0 Å². The van der Waals surface area contributed by atoms with Crippen molar-refractivity contribution in [2.24, 2.45) is 0 Å². The van der Waals surface area contributed by atoms with Crippen LogP contribution in [-0.4, -0.2) is 29.1 Å². The van der Waals surface area contributed by atoms with E-state index in [4.69, 9.17) is 18.4 Å². The Morgan fingerprint density at radius 1 is 1.27 bits per heavy atom. The topological polar surface area (TPSA) is 12.5 Å². The fourth-order valence-electron chi connectivity index (χ4n) is 2.74. The van der Waals surface area contributed by atoms with Gasteiger partial charge in [-0.05, 0) is 56.7 Å². The molecule has 0 aromatic heterocycles. The Morgan fingerprint density at radius 2 is 1.91 bits per heavy atom. The van der Waals surface area contributed by atoms with E-state index < -0.39 is 43.0 Å². The van der Waals surface area contributed by atoms with Gasteiger partial charge in [-0.2, -0.15) is 0 Å². The Labute approximate surface area is 150 Å². The molecule has 1 unspecified atom stereocenters. The van der Waals surface area contributed by atoms with E-state index in [0.29, 0.717) is 11.1 Å². The molecular formula is C20H33NO. The largest absolute Gasteiger partial charge is 0.367 e. The van der Waals surface area contributed by atoms with Gasteiger partial charge in [-0.25, -0.2) is 0 Å². The van der Waals surface area contributed by atoms with Crippen molar-refractivity contribution < 1.29 is 18.4 Å². The number of benzene rings is 1. The summed E-state index contributed by atoms with van der Waals surface area (Å²) < 4.78 is 89.7. The predicted molar refractivity (Wildman–Crippen MR) is 94.4 cm³/mol. The Kier molecular flexibility index (Phi) is 2.13. The minimum atomic E-state index is -2.93. The SMILES string of the molecule is [2H]c1c([2H])c(CN2C([2H])([2H])C(C)(C)OC(C)(C([2H])([2H])[2H])C2([2H])[2H])c([2H])c(C(C)(C)C)c1C. The summed E-state index contributed by atoms with van der Waals surface area (Å²) in [7, 11) is 0. The van der Waals surface area contributed by atoms with E-state index >= 15 is 0 Å². The zero-order valence-electron chi connectivity index (χ0n) is 24.6. The van der Waals surface area contributed by atoms with Gasteiger partial charge in [0.25, 0.3) is 0 Å². The number of morpholine rings is 1. The number of nitrogens with zero attached hydrogens (tertiary/aromatic N) is 1. The van der Waals surface area contributed by atoms with E-state index in [1.165, 1.54) is 13.8 Å². The van der Waals surface area contributed by atoms with Crippen molar-refractivity contribution in [3.8, 4) is 0 Å². The highest BCUT2D eigenvalue weighted by atomic mass is 16.5. The van der Waals surface area contributed by atoms with Crippen LogP contribution in [0.15, 0.2) is 18.1 Å². The van der Waals surface area contributed by atoms with Crippen LogP contribution in [-0.2, 0) is 16.7 Å². The average molecular weight is 314 g/mol. The van der Waals surface area contributed by atoms with Gasteiger partial charge in [0.1, 0.15) is 0 Å². The van der Waals surface area contributed by atoms with Gasteiger partial charge in [0, 0.05) is 29.1 Å². The molecule has 1 aliphatic rings. The summed E-state index contributed by atoms with van der Waals surface area (Å²) in [5.74, 6) is 0. The maximum Gasteiger partial charge on any atom is 0.0760 e. The lowest BCUT2D eigenvalue weighted by Gasteiger charge is -2.47. The zero-order valence-corrected chi connectivity index (χ0v) is 14.6. The van der Waals surface area contributed by atoms with Crippen LogP contribution < -0.4 is 0 Å². The van der Waals surface area contributed by atoms with Gasteiger partial charge < -0.3 is 4.74 Å².